The summed E-state index contributed by atoms with van der Waals surface area (Å²) in [6, 6.07) is 16.1. The highest BCUT2D eigenvalue weighted by atomic mass is 35.5. The third-order valence-corrected chi connectivity index (χ3v) is 10.3. The summed E-state index contributed by atoms with van der Waals surface area (Å²) >= 11 is 7.15. The molecule has 4 heterocycles. The molecule has 2 aromatic carbocycles. The molecule has 1 aromatic heterocycles. The zero-order chi connectivity index (χ0) is 28.0. The molecule has 3 aliphatic heterocycles. The van der Waals surface area contributed by atoms with Gasteiger partial charge in [-0.2, -0.15) is 4.31 Å². The van der Waals surface area contributed by atoms with Gasteiger partial charge in [0.15, 0.2) is 5.78 Å². The van der Waals surface area contributed by atoms with E-state index in [1.54, 1.807) is 48.5 Å². The maximum Gasteiger partial charge on any atom is 0.415 e. The van der Waals surface area contributed by atoms with E-state index in [0.717, 1.165) is 0 Å². The number of sulfonamides is 1. The van der Waals surface area contributed by atoms with Crippen molar-refractivity contribution in [3.05, 3.63) is 69.9 Å². The first-order chi connectivity index (χ1) is 19.2. The zero-order valence-electron chi connectivity index (χ0n) is 21.1. The first-order valence-electron chi connectivity index (χ1n) is 12.6. The monoisotopic (exact) mass is 601 g/mol. The lowest BCUT2D eigenvalue weighted by Crippen LogP contribution is -2.52. The average molecular weight is 602 g/mol. The van der Waals surface area contributed by atoms with Crippen LogP contribution in [0.4, 0.5) is 16.2 Å². The van der Waals surface area contributed by atoms with Gasteiger partial charge >= 0.3 is 6.09 Å². The molecule has 0 N–H and O–H groups in total. The summed E-state index contributed by atoms with van der Waals surface area (Å²) in [5, 5.41) is 0. The number of carbonyl (C=O) groups excluding carboxylic acids is 3. The molecule has 13 heteroatoms. The van der Waals surface area contributed by atoms with E-state index in [2.05, 4.69) is 0 Å². The van der Waals surface area contributed by atoms with Gasteiger partial charge in [-0.25, -0.2) is 13.2 Å². The van der Waals surface area contributed by atoms with E-state index in [4.69, 9.17) is 21.1 Å². The minimum Gasteiger partial charge on any atom is -0.489 e. The Bertz CT molecular complexity index is 1590. The van der Waals surface area contributed by atoms with Crippen LogP contribution in [0.2, 0.25) is 4.34 Å². The predicted octanol–water partition coefficient (Wildman–Crippen LogP) is 4.19. The van der Waals surface area contributed by atoms with Crippen LogP contribution >= 0.6 is 22.9 Å². The number of anilines is 2. The number of benzene rings is 2. The molecular formula is C27H24ClN3O7S2. The molecule has 3 aliphatic rings. The van der Waals surface area contributed by atoms with Crippen LogP contribution in [0.5, 0.6) is 5.75 Å². The lowest BCUT2D eigenvalue weighted by atomic mass is 10.0. The number of nitrogens with zero attached hydrogens (tertiary/aromatic N) is 3. The number of carbonyl (C=O) groups is 3. The van der Waals surface area contributed by atoms with Gasteiger partial charge in [0.25, 0.3) is 0 Å². The highest BCUT2D eigenvalue weighted by molar-refractivity contribution is 7.89. The third-order valence-electron chi connectivity index (χ3n) is 7.20. The molecular weight excluding hydrogens is 578 g/mol. The van der Waals surface area contributed by atoms with Crippen molar-refractivity contribution in [2.24, 2.45) is 0 Å². The quantitative estimate of drug-likeness (QED) is 0.373. The smallest absolute Gasteiger partial charge is 0.415 e. The van der Waals surface area contributed by atoms with Gasteiger partial charge in [-0.3, -0.25) is 14.5 Å². The largest absolute Gasteiger partial charge is 0.489 e. The second-order valence-electron chi connectivity index (χ2n) is 9.59. The molecule has 40 heavy (non-hydrogen) atoms. The lowest BCUT2D eigenvalue weighted by molar-refractivity contribution is -0.119. The van der Waals surface area contributed by atoms with Crippen molar-refractivity contribution in [1.82, 2.24) is 4.31 Å². The standard InChI is InChI=1S/C27H24ClN3O7S2/c28-25-11-10-24(39-25)21(32)8-9-22-20-16-37-23-14-17(6-7-19(23)31(20)27(34)38-22)30-13-12-29(15-26(30)33)40(35,36)18-4-2-1-3-5-18/h1-7,10-11,14,20,22H,8-9,12-13,15-16H2/t20-,22-/m0/s1. The summed E-state index contributed by atoms with van der Waals surface area (Å²) < 4.78 is 39.2. The fraction of sp³-hybridized carbons (Fsp3) is 0.296. The number of thiophene rings is 1. The number of ketones is 1. The maximum absolute atomic E-state index is 13.0. The number of rotatable bonds is 7. The second-order valence-corrected chi connectivity index (χ2v) is 13.2. The fourth-order valence-corrected chi connectivity index (χ4v) is 7.58. The van der Waals surface area contributed by atoms with Crippen molar-refractivity contribution in [1.29, 1.82) is 0 Å². The number of halogens is 1. The number of piperazine rings is 1. The Morgan fingerprint density at radius 1 is 1.05 bits per heavy atom. The number of ether oxygens (including phenoxy) is 2. The van der Waals surface area contributed by atoms with Gasteiger partial charge in [0.2, 0.25) is 15.9 Å². The Morgan fingerprint density at radius 3 is 2.58 bits per heavy atom. The van der Waals surface area contributed by atoms with E-state index in [1.807, 2.05) is 0 Å². The van der Waals surface area contributed by atoms with E-state index in [1.165, 1.54) is 37.6 Å². The molecule has 208 valence electrons. The average Bonchev–Trinajstić information content (AvgIpc) is 3.54. The predicted molar refractivity (Wildman–Crippen MR) is 149 cm³/mol. The van der Waals surface area contributed by atoms with Crippen LogP contribution in [0.25, 0.3) is 0 Å². The number of cyclic esters (lactones) is 1. The topological polar surface area (TPSA) is 114 Å². The van der Waals surface area contributed by atoms with Crippen LogP contribution in [0, 0.1) is 0 Å². The van der Waals surface area contributed by atoms with Crippen molar-refractivity contribution in [2.75, 3.05) is 36.0 Å². The normalized spacial score (nSPS) is 21.0. The molecule has 0 aliphatic carbocycles. The summed E-state index contributed by atoms with van der Waals surface area (Å²) in [7, 11) is -3.78. The Hall–Kier alpha value is -3.45. The number of amides is 2. The van der Waals surface area contributed by atoms with Crippen molar-refractivity contribution < 1.29 is 32.3 Å². The molecule has 2 amide bonds. The minimum atomic E-state index is -3.78. The van der Waals surface area contributed by atoms with Crippen molar-refractivity contribution in [3.8, 4) is 5.75 Å². The molecule has 2 saturated heterocycles. The first-order valence-corrected chi connectivity index (χ1v) is 15.3. The van der Waals surface area contributed by atoms with E-state index in [-0.39, 0.29) is 55.3 Å². The van der Waals surface area contributed by atoms with Gasteiger partial charge in [0.05, 0.1) is 26.3 Å². The molecule has 0 unspecified atom stereocenters. The SMILES string of the molecule is O=C(CC[C@@H]1OC(=O)N2c3ccc(N4CCN(S(=O)(=O)c5ccccc5)CC4=O)cc3OC[C@@H]12)c1ccc(Cl)s1. The van der Waals surface area contributed by atoms with Gasteiger partial charge in [0, 0.05) is 31.3 Å². The van der Waals surface area contributed by atoms with E-state index in [0.29, 0.717) is 32.8 Å². The third kappa shape index (κ3) is 4.85. The molecule has 2 atom stereocenters. The fourth-order valence-electron chi connectivity index (χ4n) is 5.17. The van der Waals surface area contributed by atoms with Crippen LogP contribution in [0.3, 0.4) is 0 Å². The Balaban J connectivity index is 1.13. The van der Waals surface area contributed by atoms with Crippen molar-refractivity contribution >= 4 is 62.1 Å². The van der Waals surface area contributed by atoms with Crippen LogP contribution in [-0.4, -0.2) is 68.9 Å². The Morgan fingerprint density at radius 2 is 1.85 bits per heavy atom. The van der Waals surface area contributed by atoms with Crippen LogP contribution in [0.15, 0.2) is 65.6 Å². The summed E-state index contributed by atoms with van der Waals surface area (Å²) in [6.07, 6.45) is -0.475. The Labute approximate surface area is 239 Å². The van der Waals surface area contributed by atoms with Gasteiger partial charge < -0.3 is 14.4 Å². The molecule has 0 radical (unpaired) electrons. The number of Topliss-reactive ketones (excluding diaryl/α,β-unsaturated/α-hetero) is 1. The number of hydrogen-bond acceptors (Lipinski definition) is 8. The summed E-state index contributed by atoms with van der Waals surface area (Å²) in [5.74, 6) is -0.00553. The number of fused-ring (bicyclic) bond motifs is 3. The number of hydrogen-bond donors (Lipinski definition) is 0. The second kappa shape index (κ2) is 10.5. The first kappa shape index (κ1) is 26.8. The van der Waals surface area contributed by atoms with Crippen LogP contribution < -0.4 is 14.5 Å². The summed E-state index contributed by atoms with van der Waals surface area (Å²) in [6.45, 7) is 0.194. The van der Waals surface area contributed by atoms with E-state index in [9.17, 15) is 22.8 Å². The van der Waals surface area contributed by atoms with Crippen LogP contribution in [-0.2, 0) is 19.6 Å². The Kier molecular flexibility index (Phi) is 7.03. The zero-order valence-corrected chi connectivity index (χ0v) is 23.5. The molecule has 0 spiro atoms. The van der Waals surface area contributed by atoms with E-state index < -0.39 is 22.2 Å². The van der Waals surface area contributed by atoms with Crippen molar-refractivity contribution in [2.45, 2.75) is 29.9 Å². The van der Waals surface area contributed by atoms with Gasteiger partial charge in [0.1, 0.15) is 24.5 Å². The van der Waals surface area contributed by atoms with Crippen molar-refractivity contribution in [3.63, 3.8) is 0 Å². The van der Waals surface area contributed by atoms with Gasteiger partial charge in [-0.1, -0.05) is 29.8 Å². The minimum absolute atomic E-state index is 0.0606. The highest BCUT2D eigenvalue weighted by Crippen LogP contribution is 2.42. The molecule has 3 aromatic rings. The summed E-state index contributed by atoms with van der Waals surface area (Å²) in [5.41, 5.74) is 1.06. The van der Waals surface area contributed by atoms with Crippen LogP contribution in [0.1, 0.15) is 22.5 Å². The van der Waals surface area contributed by atoms with Gasteiger partial charge in [-0.15, -0.1) is 11.3 Å². The highest BCUT2D eigenvalue weighted by Gasteiger charge is 2.46. The molecule has 6 rings (SSSR count). The molecule has 0 saturated carbocycles. The summed E-state index contributed by atoms with van der Waals surface area (Å²) in [4.78, 5) is 42.1. The lowest BCUT2D eigenvalue weighted by Gasteiger charge is -2.35. The van der Waals surface area contributed by atoms with Gasteiger partial charge in [-0.05, 0) is 42.8 Å². The maximum atomic E-state index is 13.0. The van der Waals surface area contributed by atoms with E-state index >= 15 is 0 Å². The molecule has 10 nitrogen and oxygen atoms in total. The molecule has 2 fully saturated rings. The molecule has 0 bridgehead atoms.